The number of aryl methyl sites for hydroxylation is 2. The molecule has 0 saturated carbocycles. The van der Waals surface area contributed by atoms with Crippen molar-refractivity contribution in [2.45, 2.75) is 25.8 Å². The van der Waals surface area contributed by atoms with Crippen LogP contribution in [-0.2, 0) is 19.9 Å². The second-order valence-electron chi connectivity index (χ2n) is 4.79. The largest absolute Gasteiger partial charge is 0.323 e. The van der Waals surface area contributed by atoms with Gasteiger partial charge in [-0.3, -0.25) is 4.68 Å². The van der Waals surface area contributed by atoms with E-state index >= 15 is 0 Å². The predicted molar refractivity (Wildman–Crippen MR) is 87.9 cm³/mol. The molecule has 3 aromatic rings. The van der Waals surface area contributed by atoms with Gasteiger partial charge in [-0.2, -0.15) is 5.10 Å². The zero-order chi connectivity index (χ0) is 14.3. The first kappa shape index (κ1) is 14.1. The van der Waals surface area contributed by atoms with Gasteiger partial charge in [0.1, 0.15) is 0 Å². The minimum Gasteiger partial charge on any atom is -0.323 e. The van der Waals surface area contributed by atoms with Crippen LogP contribution in [-0.4, -0.2) is 9.78 Å². The molecule has 0 saturated heterocycles. The normalized spacial score (nSPS) is 13.2. The predicted octanol–water partition coefficient (Wildman–Crippen LogP) is 4.15. The van der Waals surface area contributed by atoms with Gasteiger partial charge in [-0.1, -0.05) is 18.5 Å². The van der Waals surface area contributed by atoms with E-state index in [2.05, 4.69) is 29.5 Å². The molecule has 0 bridgehead atoms. The SMILES string of the molecule is CCc1nn(C)c(CC(N)c2cc3sccc3s2)c1Cl. The molecule has 0 aliphatic carbocycles. The van der Waals surface area contributed by atoms with Crippen LogP contribution in [0, 0.1) is 0 Å². The van der Waals surface area contributed by atoms with Gasteiger partial charge in [0.25, 0.3) is 0 Å². The fourth-order valence-corrected chi connectivity index (χ4v) is 4.81. The van der Waals surface area contributed by atoms with Gasteiger partial charge in [0.05, 0.1) is 16.4 Å². The Morgan fingerprint density at radius 2 is 2.25 bits per heavy atom. The lowest BCUT2D eigenvalue weighted by atomic mass is 10.1. The van der Waals surface area contributed by atoms with Crippen LogP contribution in [0.2, 0.25) is 5.02 Å². The molecular weight excluding hydrogens is 310 g/mol. The topological polar surface area (TPSA) is 43.8 Å². The van der Waals surface area contributed by atoms with Gasteiger partial charge >= 0.3 is 0 Å². The maximum atomic E-state index is 6.39. The Morgan fingerprint density at radius 3 is 2.90 bits per heavy atom. The molecule has 0 amide bonds. The molecule has 0 spiro atoms. The van der Waals surface area contributed by atoms with Crippen molar-refractivity contribution in [2.75, 3.05) is 0 Å². The van der Waals surface area contributed by atoms with Crippen molar-refractivity contribution in [2.24, 2.45) is 12.8 Å². The average molecular weight is 326 g/mol. The van der Waals surface area contributed by atoms with E-state index in [0.29, 0.717) is 0 Å². The van der Waals surface area contributed by atoms with E-state index in [1.165, 1.54) is 14.3 Å². The Hall–Kier alpha value is -0.880. The summed E-state index contributed by atoms with van der Waals surface area (Å²) in [6.45, 7) is 2.06. The van der Waals surface area contributed by atoms with Crippen molar-refractivity contribution in [3.63, 3.8) is 0 Å². The average Bonchev–Trinajstić information content (AvgIpc) is 3.07. The lowest BCUT2D eigenvalue weighted by Crippen LogP contribution is -2.14. The monoisotopic (exact) mass is 325 g/mol. The number of halogens is 1. The van der Waals surface area contributed by atoms with E-state index in [1.54, 1.807) is 22.7 Å². The molecule has 0 radical (unpaired) electrons. The summed E-state index contributed by atoms with van der Waals surface area (Å²) in [6.07, 6.45) is 1.56. The maximum Gasteiger partial charge on any atom is 0.0850 e. The first-order valence-corrected chi connectivity index (χ1v) is 8.60. The molecule has 2 N–H and O–H groups in total. The van der Waals surface area contributed by atoms with Crippen molar-refractivity contribution in [1.82, 2.24) is 9.78 Å². The van der Waals surface area contributed by atoms with E-state index < -0.39 is 0 Å². The molecule has 106 valence electrons. The summed E-state index contributed by atoms with van der Waals surface area (Å²) in [6, 6.07) is 4.31. The summed E-state index contributed by atoms with van der Waals surface area (Å²) in [5, 5.41) is 7.32. The zero-order valence-electron chi connectivity index (χ0n) is 11.4. The third-order valence-corrected chi connectivity index (χ3v) is 6.10. The molecule has 3 heterocycles. The quantitative estimate of drug-likeness (QED) is 0.783. The molecule has 1 atom stereocenters. The highest BCUT2D eigenvalue weighted by Gasteiger charge is 2.18. The van der Waals surface area contributed by atoms with Crippen molar-refractivity contribution >= 4 is 43.7 Å². The Morgan fingerprint density at radius 1 is 1.45 bits per heavy atom. The molecular formula is C14H16ClN3S2. The van der Waals surface area contributed by atoms with E-state index in [9.17, 15) is 0 Å². The van der Waals surface area contributed by atoms with Crippen LogP contribution < -0.4 is 5.73 Å². The van der Waals surface area contributed by atoms with Gasteiger partial charge in [-0.05, 0) is 23.9 Å². The van der Waals surface area contributed by atoms with Crippen LogP contribution in [0.25, 0.3) is 9.40 Å². The summed E-state index contributed by atoms with van der Waals surface area (Å²) in [4.78, 5) is 1.21. The molecule has 0 aromatic carbocycles. The molecule has 20 heavy (non-hydrogen) atoms. The summed E-state index contributed by atoms with van der Waals surface area (Å²) >= 11 is 9.91. The summed E-state index contributed by atoms with van der Waals surface area (Å²) in [5.41, 5.74) is 8.32. The zero-order valence-corrected chi connectivity index (χ0v) is 13.8. The van der Waals surface area contributed by atoms with Gasteiger partial charge in [-0.25, -0.2) is 0 Å². The Balaban J connectivity index is 1.87. The van der Waals surface area contributed by atoms with Crippen molar-refractivity contribution in [3.8, 4) is 0 Å². The summed E-state index contributed by atoms with van der Waals surface area (Å²) in [5.74, 6) is 0. The lowest BCUT2D eigenvalue weighted by Gasteiger charge is -2.10. The molecule has 0 fully saturated rings. The van der Waals surface area contributed by atoms with Gasteiger partial charge in [0, 0.05) is 33.8 Å². The number of hydrogen-bond acceptors (Lipinski definition) is 4. The second-order valence-corrected chi connectivity index (χ2v) is 7.23. The second kappa shape index (κ2) is 5.48. The van der Waals surface area contributed by atoms with Crippen LogP contribution >= 0.6 is 34.3 Å². The Bertz CT molecular complexity index is 712. The molecule has 0 aliphatic heterocycles. The Kier molecular flexibility index (Phi) is 3.86. The molecule has 6 heteroatoms. The first-order chi connectivity index (χ1) is 9.60. The van der Waals surface area contributed by atoms with Crippen LogP contribution in [0.3, 0.4) is 0 Å². The number of fused-ring (bicyclic) bond motifs is 1. The van der Waals surface area contributed by atoms with Crippen LogP contribution in [0.1, 0.15) is 29.2 Å². The third-order valence-electron chi connectivity index (χ3n) is 3.44. The minimum atomic E-state index is -0.0304. The molecule has 1 unspecified atom stereocenters. The van der Waals surface area contributed by atoms with Crippen molar-refractivity contribution in [1.29, 1.82) is 0 Å². The number of thiophene rings is 2. The number of rotatable bonds is 4. The van der Waals surface area contributed by atoms with Crippen molar-refractivity contribution < 1.29 is 0 Å². The highest BCUT2D eigenvalue weighted by molar-refractivity contribution is 7.26. The maximum absolute atomic E-state index is 6.39. The summed E-state index contributed by atoms with van der Waals surface area (Å²) in [7, 11) is 1.93. The standard InChI is InChI=1S/C14H16ClN3S2/c1-3-9-14(15)10(18(2)17-9)6-8(16)12-7-13-11(20-12)4-5-19-13/h4-5,7-8H,3,6,16H2,1-2H3. The van der Waals surface area contributed by atoms with E-state index in [0.717, 1.165) is 29.3 Å². The van der Waals surface area contributed by atoms with Gasteiger partial charge in [0.15, 0.2) is 0 Å². The van der Waals surface area contributed by atoms with E-state index in [1.807, 2.05) is 11.7 Å². The van der Waals surface area contributed by atoms with Crippen molar-refractivity contribution in [3.05, 3.63) is 38.8 Å². The number of nitrogens with zero attached hydrogens (tertiary/aromatic N) is 2. The number of aromatic nitrogens is 2. The lowest BCUT2D eigenvalue weighted by molar-refractivity contribution is 0.644. The molecule has 3 aromatic heterocycles. The van der Waals surface area contributed by atoms with Gasteiger partial charge < -0.3 is 5.73 Å². The highest BCUT2D eigenvalue weighted by atomic mass is 35.5. The summed E-state index contributed by atoms with van der Waals surface area (Å²) < 4.78 is 4.48. The molecule has 3 nitrogen and oxygen atoms in total. The Labute approximate surface area is 131 Å². The third kappa shape index (κ3) is 2.39. The fourth-order valence-electron chi connectivity index (χ4n) is 2.32. The first-order valence-electron chi connectivity index (χ1n) is 6.53. The number of hydrogen-bond donors (Lipinski definition) is 1. The fraction of sp³-hybridized carbons (Fsp3) is 0.357. The van der Waals surface area contributed by atoms with Crippen LogP contribution in [0.5, 0.6) is 0 Å². The highest BCUT2D eigenvalue weighted by Crippen LogP contribution is 2.34. The molecule has 3 rings (SSSR count). The van der Waals surface area contributed by atoms with E-state index in [4.69, 9.17) is 17.3 Å². The minimum absolute atomic E-state index is 0.0304. The number of nitrogens with two attached hydrogens (primary N) is 1. The van der Waals surface area contributed by atoms with E-state index in [-0.39, 0.29) is 6.04 Å². The van der Waals surface area contributed by atoms with Gasteiger partial charge in [0.2, 0.25) is 0 Å². The van der Waals surface area contributed by atoms with Crippen LogP contribution in [0.15, 0.2) is 17.5 Å². The molecule has 0 aliphatic rings. The van der Waals surface area contributed by atoms with Crippen LogP contribution in [0.4, 0.5) is 0 Å². The smallest absolute Gasteiger partial charge is 0.0850 e. The van der Waals surface area contributed by atoms with Gasteiger partial charge in [-0.15, -0.1) is 22.7 Å².